The summed E-state index contributed by atoms with van der Waals surface area (Å²) in [5.41, 5.74) is 2.21. The van der Waals surface area contributed by atoms with E-state index in [0.717, 1.165) is 22.7 Å². The third kappa shape index (κ3) is 4.72. The molecule has 0 fully saturated rings. The number of para-hydroxylation sites is 1. The van der Waals surface area contributed by atoms with Crippen molar-refractivity contribution in [3.05, 3.63) is 53.7 Å². The van der Waals surface area contributed by atoms with Gasteiger partial charge in [-0.25, -0.2) is 4.98 Å². The van der Waals surface area contributed by atoms with Crippen LogP contribution in [0, 0.1) is 6.92 Å². The number of rotatable bonds is 5. The third-order valence-corrected chi connectivity index (χ3v) is 3.12. The van der Waals surface area contributed by atoms with Crippen LogP contribution in [0.2, 0.25) is 0 Å². The molecular formula is C16H19N3OS. The van der Waals surface area contributed by atoms with E-state index in [0.29, 0.717) is 18.3 Å². The summed E-state index contributed by atoms with van der Waals surface area (Å²) in [6.07, 6.45) is 1.75. The molecule has 0 atom stereocenters. The molecule has 2 aromatic rings. The Morgan fingerprint density at radius 3 is 2.86 bits per heavy atom. The van der Waals surface area contributed by atoms with Gasteiger partial charge in [0.2, 0.25) is 0 Å². The lowest BCUT2D eigenvalue weighted by molar-refractivity contribution is 0.336. The normalized spacial score (nSPS) is 10.0. The molecule has 4 nitrogen and oxygen atoms in total. The maximum absolute atomic E-state index is 5.59. The fourth-order valence-electron chi connectivity index (χ4n) is 1.89. The van der Waals surface area contributed by atoms with Crippen molar-refractivity contribution in [1.82, 2.24) is 10.3 Å². The van der Waals surface area contributed by atoms with E-state index in [1.54, 1.807) is 6.20 Å². The van der Waals surface area contributed by atoms with E-state index in [4.69, 9.17) is 17.0 Å². The standard InChI is InChI=1S/C16H19N3OS/c1-3-20-14-7-5-4-6-13(14)11-18-16(21)19-15-10-12(2)8-9-17-15/h4-10H,3,11H2,1-2H3,(H2,17,18,19,21). The number of ether oxygens (including phenoxy) is 1. The second-order valence-electron chi connectivity index (χ2n) is 4.57. The number of pyridine rings is 1. The van der Waals surface area contributed by atoms with Gasteiger partial charge in [-0.3, -0.25) is 0 Å². The molecule has 1 aromatic carbocycles. The first kappa shape index (κ1) is 15.3. The fraction of sp³-hybridized carbons (Fsp3) is 0.250. The van der Waals surface area contributed by atoms with Crippen LogP contribution in [0.15, 0.2) is 42.6 Å². The van der Waals surface area contributed by atoms with Crippen molar-refractivity contribution in [2.75, 3.05) is 11.9 Å². The van der Waals surface area contributed by atoms with E-state index >= 15 is 0 Å². The molecule has 5 heteroatoms. The van der Waals surface area contributed by atoms with Crippen LogP contribution in [-0.4, -0.2) is 16.7 Å². The highest BCUT2D eigenvalue weighted by Gasteiger charge is 2.04. The van der Waals surface area contributed by atoms with Crippen molar-refractivity contribution < 1.29 is 4.74 Å². The summed E-state index contributed by atoms with van der Waals surface area (Å²) >= 11 is 5.28. The predicted molar refractivity (Wildman–Crippen MR) is 89.6 cm³/mol. The summed E-state index contributed by atoms with van der Waals surface area (Å²) in [7, 11) is 0. The number of hydrogen-bond donors (Lipinski definition) is 2. The fourth-order valence-corrected chi connectivity index (χ4v) is 2.06. The van der Waals surface area contributed by atoms with Crippen molar-refractivity contribution in [2.24, 2.45) is 0 Å². The monoisotopic (exact) mass is 301 g/mol. The molecule has 110 valence electrons. The van der Waals surface area contributed by atoms with Gasteiger partial charge in [-0.2, -0.15) is 0 Å². The summed E-state index contributed by atoms with van der Waals surface area (Å²) in [4.78, 5) is 4.22. The average molecular weight is 301 g/mol. The zero-order valence-electron chi connectivity index (χ0n) is 12.2. The lowest BCUT2D eigenvalue weighted by Crippen LogP contribution is -2.28. The summed E-state index contributed by atoms with van der Waals surface area (Å²) in [6.45, 7) is 5.24. The molecule has 1 aromatic heterocycles. The SMILES string of the molecule is CCOc1ccccc1CNC(=S)Nc1cc(C)ccn1. The van der Waals surface area contributed by atoms with E-state index in [9.17, 15) is 0 Å². The number of nitrogens with zero attached hydrogens (tertiary/aromatic N) is 1. The van der Waals surface area contributed by atoms with Gasteiger partial charge in [0.05, 0.1) is 6.61 Å². The first-order valence-corrected chi connectivity index (χ1v) is 7.28. The minimum absolute atomic E-state index is 0.541. The summed E-state index contributed by atoms with van der Waals surface area (Å²) < 4.78 is 5.59. The zero-order chi connectivity index (χ0) is 15.1. The first-order valence-electron chi connectivity index (χ1n) is 6.87. The Bertz CT molecular complexity index is 616. The van der Waals surface area contributed by atoms with Crippen molar-refractivity contribution >= 4 is 23.1 Å². The quantitative estimate of drug-likeness (QED) is 0.830. The van der Waals surface area contributed by atoms with Crippen LogP contribution in [0.1, 0.15) is 18.1 Å². The second kappa shape index (κ2) is 7.59. The van der Waals surface area contributed by atoms with Crippen LogP contribution < -0.4 is 15.4 Å². The minimum Gasteiger partial charge on any atom is -0.494 e. The predicted octanol–water partition coefficient (Wildman–Crippen LogP) is 3.28. The molecule has 0 spiro atoms. The van der Waals surface area contributed by atoms with Gasteiger partial charge < -0.3 is 15.4 Å². The number of hydrogen-bond acceptors (Lipinski definition) is 3. The van der Waals surface area contributed by atoms with Crippen LogP contribution in [0.25, 0.3) is 0 Å². The highest BCUT2D eigenvalue weighted by molar-refractivity contribution is 7.80. The zero-order valence-corrected chi connectivity index (χ0v) is 13.0. The van der Waals surface area contributed by atoms with Gasteiger partial charge in [0.15, 0.2) is 5.11 Å². The van der Waals surface area contributed by atoms with Gasteiger partial charge >= 0.3 is 0 Å². The molecule has 2 rings (SSSR count). The van der Waals surface area contributed by atoms with E-state index in [1.165, 1.54) is 0 Å². The summed E-state index contributed by atoms with van der Waals surface area (Å²) in [6, 6.07) is 11.8. The summed E-state index contributed by atoms with van der Waals surface area (Å²) in [5.74, 6) is 1.62. The van der Waals surface area contributed by atoms with E-state index in [1.807, 2.05) is 50.2 Å². The minimum atomic E-state index is 0.541. The Labute approximate surface area is 130 Å². The Hall–Kier alpha value is -2.14. The van der Waals surface area contributed by atoms with E-state index < -0.39 is 0 Å². The second-order valence-corrected chi connectivity index (χ2v) is 4.98. The molecule has 0 radical (unpaired) electrons. The van der Waals surface area contributed by atoms with E-state index in [2.05, 4.69) is 15.6 Å². The molecule has 0 saturated heterocycles. The molecule has 1 heterocycles. The van der Waals surface area contributed by atoms with E-state index in [-0.39, 0.29) is 0 Å². The lowest BCUT2D eigenvalue weighted by Gasteiger charge is -2.13. The number of nitrogens with one attached hydrogen (secondary N) is 2. The van der Waals surface area contributed by atoms with Crippen molar-refractivity contribution in [3.63, 3.8) is 0 Å². The van der Waals surface area contributed by atoms with Gasteiger partial charge in [0.1, 0.15) is 11.6 Å². The molecule has 0 aliphatic rings. The summed E-state index contributed by atoms with van der Waals surface area (Å²) in [5, 5.41) is 6.78. The van der Waals surface area contributed by atoms with Crippen LogP contribution in [0.4, 0.5) is 5.82 Å². The van der Waals surface area contributed by atoms with Gasteiger partial charge in [-0.15, -0.1) is 0 Å². The largest absolute Gasteiger partial charge is 0.494 e. The van der Waals surface area contributed by atoms with Crippen molar-refractivity contribution in [2.45, 2.75) is 20.4 Å². The average Bonchev–Trinajstić information content (AvgIpc) is 2.47. The molecule has 21 heavy (non-hydrogen) atoms. The van der Waals surface area contributed by atoms with Gasteiger partial charge in [-0.1, -0.05) is 18.2 Å². The lowest BCUT2D eigenvalue weighted by atomic mass is 10.2. The number of aromatic nitrogens is 1. The van der Waals surface area contributed by atoms with Gasteiger partial charge in [-0.05, 0) is 49.8 Å². The maximum Gasteiger partial charge on any atom is 0.172 e. The number of thiocarbonyl (C=S) groups is 1. The molecule has 0 amide bonds. The van der Waals surface area contributed by atoms with Crippen LogP contribution in [-0.2, 0) is 6.54 Å². The molecule has 0 aliphatic carbocycles. The Kier molecular flexibility index (Phi) is 5.51. The van der Waals surface area contributed by atoms with Crippen LogP contribution in [0.5, 0.6) is 5.75 Å². The highest BCUT2D eigenvalue weighted by Crippen LogP contribution is 2.17. The molecule has 0 saturated carbocycles. The number of anilines is 1. The number of aryl methyl sites for hydroxylation is 1. The highest BCUT2D eigenvalue weighted by atomic mass is 32.1. The van der Waals surface area contributed by atoms with Crippen molar-refractivity contribution in [3.8, 4) is 5.75 Å². The maximum atomic E-state index is 5.59. The molecule has 2 N–H and O–H groups in total. The van der Waals surface area contributed by atoms with Crippen LogP contribution in [0.3, 0.4) is 0 Å². The molecule has 0 unspecified atom stereocenters. The van der Waals surface area contributed by atoms with Gasteiger partial charge in [0, 0.05) is 18.3 Å². The number of benzene rings is 1. The Morgan fingerprint density at radius 1 is 1.29 bits per heavy atom. The smallest absolute Gasteiger partial charge is 0.172 e. The molecule has 0 aliphatic heterocycles. The molecule has 0 bridgehead atoms. The topological polar surface area (TPSA) is 46.2 Å². The third-order valence-electron chi connectivity index (χ3n) is 2.87. The molecular weight excluding hydrogens is 282 g/mol. The first-order chi connectivity index (χ1) is 10.2. The van der Waals surface area contributed by atoms with Gasteiger partial charge in [0.25, 0.3) is 0 Å². The Balaban J connectivity index is 1.92. The Morgan fingerprint density at radius 2 is 2.10 bits per heavy atom. The van der Waals surface area contributed by atoms with Crippen LogP contribution >= 0.6 is 12.2 Å². The van der Waals surface area contributed by atoms with Crippen molar-refractivity contribution in [1.29, 1.82) is 0 Å².